The zero-order valence-electron chi connectivity index (χ0n) is 17.3. The van der Waals surface area contributed by atoms with Crippen molar-refractivity contribution in [1.82, 2.24) is 15.0 Å². The Morgan fingerprint density at radius 1 is 1.22 bits per heavy atom. The zero-order chi connectivity index (χ0) is 22.5. The lowest BCUT2D eigenvalue weighted by Crippen LogP contribution is -2.30. The van der Waals surface area contributed by atoms with E-state index in [1.54, 1.807) is 35.4 Å². The molecule has 1 fully saturated rings. The molecule has 2 aromatic heterocycles. The SMILES string of the molecule is CC1COC(=O)N1c1nc2c(s1)-c1nc(Nc3cccc(NS(C)(=O)=O)c3)ncc1CC2. The van der Waals surface area contributed by atoms with Crippen LogP contribution < -0.4 is 14.9 Å². The van der Waals surface area contributed by atoms with Crippen LogP contribution in [-0.4, -0.2) is 48.4 Å². The Balaban J connectivity index is 1.44. The fourth-order valence-electron chi connectivity index (χ4n) is 3.68. The molecule has 1 aliphatic carbocycles. The summed E-state index contributed by atoms with van der Waals surface area (Å²) < 4.78 is 30.6. The van der Waals surface area contributed by atoms with E-state index in [0.717, 1.165) is 40.9 Å². The van der Waals surface area contributed by atoms with Gasteiger partial charge in [-0.2, -0.15) is 0 Å². The van der Waals surface area contributed by atoms with Gasteiger partial charge in [-0.15, -0.1) is 0 Å². The number of hydrogen-bond acceptors (Lipinski definition) is 9. The topological polar surface area (TPSA) is 126 Å². The number of hydrogen-bond donors (Lipinski definition) is 2. The predicted molar refractivity (Wildman–Crippen MR) is 122 cm³/mol. The number of ether oxygens (including phenoxy) is 1. The molecule has 1 aliphatic heterocycles. The van der Waals surface area contributed by atoms with E-state index < -0.39 is 10.0 Å². The molecule has 3 heterocycles. The quantitative estimate of drug-likeness (QED) is 0.580. The molecule has 12 heteroatoms. The summed E-state index contributed by atoms with van der Waals surface area (Å²) in [5.74, 6) is 0.386. The molecule has 1 aromatic carbocycles. The maximum Gasteiger partial charge on any atom is 0.416 e. The molecule has 0 bridgehead atoms. The van der Waals surface area contributed by atoms with Crippen LogP contribution in [0.5, 0.6) is 0 Å². The van der Waals surface area contributed by atoms with Crippen molar-refractivity contribution >= 4 is 49.9 Å². The lowest BCUT2D eigenvalue weighted by atomic mass is 10.00. The number of thiazole rings is 1. The van der Waals surface area contributed by atoms with E-state index >= 15 is 0 Å². The van der Waals surface area contributed by atoms with E-state index in [4.69, 9.17) is 9.72 Å². The third-order valence-electron chi connectivity index (χ3n) is 5.11. The zero-order valence-corrected chi connectivity index (χ0v) is 19.0. The molecule has 2 aliphatic rings. The summed E-state index contributed by atoms with van der Waals surface area (Å²) in [6.45, 7) is 2.28. The van der Waals surface area contributed by atoms with Gasteiger partial charge in [-0.1, -0.05) is 17.4 Å². The molecule has 0 saturated carbocycles. The molecule has 1 atom stereocenters. The Labute approximate surface area is 188 Å². The minimum absolute atomic E-state index is 0.0648. The predicted octanol–water partition coefficient (Wildman–Crippen LogP) is 3.16. The van der Waals surface area contributed by atoms with E-state index in [-0.39, 0.29) is 12.1 Å². The first-order valence-corrected chi connectivity index (χ1v) is 12.6. The molecule has 32 heavy (non-hydrogen) atoms. The van der Waals surface area contributed by atoms with E-state index in [1.165, 1.54) is 11.3 Å². The highest BCUT2D eigenvalue weighted by Gasteiger charge is 2.35. The minimum Gasteiger partial charge on any atom is -0.447 e. The molecule has 10 nitrogen and oxygen atoms in total. The summed E-state index contributed by atoms with van der Waals surface area (Å²) in [4.78, 5) is 28.4. The summed E-state index contributed by atoms with van der Waals surface area (Å²) >= 11 is 1.43. The van der Waals surface area contributed by atoms with Crippen LogP contribution in [0.25, 0.3) is 10.6 Å². The van der Waals surface area contributed by atoms with Crippen LogP contribution in [0.15, 0.2) is 30.5 Å². The molecule has 0 radical (unpaired) electrons. The second kappa shape index (κ2) is 7.71. The number of nitrogens with zero attached hydrogens (tertiary/aromatic N) is 4. The lowest BCUT2D eigenvalue weighted by molar-refractivity contribution is 0.179. The summed E-state index contributed by atoms with van der Waals surface area (Å²) in [7, 11) is -3.38. The van der Waals surface area contributed by atoms with Gasteiger partial charge in [-0.05, 0) is 43.5 Å². The van der Waals surface area contributed by atoms with E-state index in [1.807, 2.05) is 6.92 Å². The van der Waals surface area contributed by atoms with Crippen molar-refractivity contribution in [1.29, 1.82) is 0 Å². The monoisotopic (exact) mass is 472 g/mol. The highest BCUT2D eigenvalue weighted by Crippen LogP contribution is 2.41. The standard InChI is InChI=1S/C20H20N6O4S2/c1-11-10-30-20(27)26(11)19-23-15-7-6-12-9-21-18(24-16(12)17(15)31-19)22-13-4-3-5-14(8-13)25-32(2,28)29/h3-5,8-9,11,25H,6-7,10H2,1-2H3,(H,21,22,24). The number of carbonyl (C=O) groups is 1. The fraction of sp³-hybridized carbons (Fsp3) is 0.300. The van der Waals surface area contributed by atoms with Gasteiger partial charge in [0.25, 0.3) is 0 Å². The van der Waals surface area contributed by atoms with Crippen molar-refractivity contribution in [2.45, 2.75) is 25.8 Å². The molecule has 5 rings (SSSR count). The Kier molecular flexibility index (Phi) is 4.97. The molecule has 166 valence electrons. The third kappa shape index (κ3) is 3.98. The van der Waals surface area contributed by atoms with Crippen molar-refractivity contribution in [2.75, 3.05) is 27.8 Å². The Bertz CT molecular complexity index is 1320. The first kappa shape index (κ1) is 20.6. The fourth-order valence-corrected chi connectivity index (χ4v) is 5.47. The first-order valence-electron chi connectivity index (χ1n) is 9.94. The number of aromatic nitrogens is 3. The number of anilines is 4. The number of rotatable bonds is 5. The molecular formula is C20H20N6O4S2. The van der Waals surface area contributed by atoms with Gasteiger partial charge in [-0.3, -0.25) is 4.72 Å². The molecule has 3 aromatic rings. The van der Waals surface area contributed by atoms with Gasteiger partial charge in [0, 0.05) is 11.9 Å². The molecule has 0 spiro atoms. The average molecular weight is 473 g/mol. The van der Waals surface area contributed by atoms with Crippen LogP contribution in [0.3, 0.4) is 0 Å². The van der Waals surface area contributed by atoms with Crippen molar-refractivity contribution < 1.29 is 17.9 Å². The maximum atomic E-state index is 12.1. The highest BCUT2D eigenvalue weighted by atomic mass is 32.2. The van der Waals surface area contributed by atoms with Crippen LogP contribution in [0.4, 0.5) is 27.2 Å². The summed E-state index contributed by atoms with van der Waals surface area (Å²) in [6.07, 6.45) is 4.03. The second-order valence-corrected chi connectivity index (χ2v) is 10.4. The number of amides is 1. The number of aryl methyl sites for hydroxylation is 2. The summed E-state index contributed by atoms with van der Waals surface area (Å²) in [5.41, 5.74) is 3.80. The Morgan fingerprint density at radius 3 is 2.78 bits per heavy atom. The van der Waals surface area contributed by atoms with Crippen LogP contribution in [0, 0.1) is 0 Å². The average Bonchev–Trinajstić information content (AvgIpc) is 3.29. The molecule has 1 amide bonds. The van der Waals surface area contributed by atoms with Crippen molar-refractivity contribution in [2.24, 2.45) is 0 Å². The van der Waals surface area contributed by atoms with Gasteiger partial charge in [0.05, 0.1) is 34.2 Å². The minimum atomic E-state index is -3.38. The van der Waals surface area contributed by atoms with Crippen LogP contribution >= 0.6 is 11.3 Å². The number of carbonyl (C=O) groups excluding carboxylic acids is 1. The van der Waals surface area contributed by atoms with Crippen molar-refractivity contribution in [3.05, 3.63) is 41.7 Å². The van der Waals surface area contributed by atoms with Gasteiger partial charge in [-0.25, -0.2) is 33.1 Å². The number of benzene rings is 1. The van der Waals surface area contributed by atoms with Crippen molar-refractivity contribution in [3.8, 4) is 10.6 Å². The lowest BCUT2D eigenvalue weighted by Gasteiger charge is -2.15. The Hall–Kier alpha value is -3.25. The maximum absolute atomic E-state index is 12.1. The van der Waals surface area contributed by atoms with E-state index in [9.17, 15) is 13.2 Å². The van der Waals surface area contributed by atoms with Crippen LogP contribution in [0.1, 0.15) is 18.2 Å². The van der Waals surface area contributed by atoms with E-state index in [2.05, 4.69) is 20.0 Å². The number of sulfonamides is 1. The Morgan fingerprint density at radius 2 is 2.03 bits per heavy atom. The van der Waals surface area contributed by atoms with Crippen LogP contribution in [0.2, 0.25) is 0 Å². The van der Waals surface area contributed by atoms with Gasteiger partial charge < -0.3 is 10.1 Å². The highest BCUT2D eigenvalue weighted by molar-refractivity contribution is 7.92. The second-order valence-electron chi connectivity index (χ2n) is 7.72. The number of fused-ring (bicyclic) bond motifs is 3. The van der Waals surface area contributed by atoms with Gasteiger partial charge in [0.2, 0.25) is 16.0 Å². The van der Waals surface area contributed by atoms with Gasteiger partial charge in [0.15, 0.2) is 5.13 Å². The summed E-state index contributed by atoms with van der Waals surface area (Å²) in [6, 6.07) is 6.80. The third-order valence-corrected chi connectivity index (χ3v) is 6.82. The van der Waals surface area contributed by atoms with Crippen LogP contribution in [-0.2, 0) is 27.6 Å². The summed E-state index contributed by atoms with van der Waals surface area (Å²) in [5, 5.41) is 3.75. The first-order chi connectivity index (χ1) is 15.3. The van der Waals surface area contributed by atoms with Gasteiger partial charge in [0.1, 0.15) is 6.61 Å². The molecule has 2 N–H and O–H groups in total. The molecular weight excluding hydrogens is 452 g/mol. The largest absolute Gasteiger partial charge is 0.447 e. The van der Waals surface area contributed by atoms with E-state index in [0.29, 0.717) is 29.1 Å². The van der Waals surface area contributed by atoms with Crippen molar-refractivity contribution in [3.63, 3.8) is 0 Å². The molecule has 1 unspecified atom stereocenters. The number of cyclic esters (lactones) is 1. The number of nitrogens with one attached hydrogen (secondary N) is 2. The molecule has 1 saturated heterocycles. The smallest absolute Gasteiger partial charge is 0.416 e. The van der Waals surface area contributed by atoms with Gasteiger partial charge >= 0.3 is 6.09 Å². The normalized spacial score (nSPS) is 17.5.